The van der Waals surface area contributed by atoms with Gasteiger partial charge in [-0.3, -0.25) is 0 Å². The SMILES string of the molecule is CCNC(=NCc1cc(OC)ccc1O)NCCC(F)(F)F. The predicted octanol–water partition coefficient (Wildman–Crippen LogP) is 2.41. The van der Waals surface area contributed by atoms with Crippen LogP contribution in [0.15, 0.2) is 23.2 Å². The van der Waals surface area contributed by atoms with Crippen LogP contribution in [0.2, 0.25) is 0 Å². The van der Waals surface area contributed by atoms with Gasteiger partial charge >= 0.3 is 6.18 Å². The van der Waals surface area contributed by atoms with Crippen LogP contribution in [0.1, 0.15) is 18.9 Å². The summed E-state index contributed by atoms with van der Waals surface area (Å²) in [6.45, 7) is 2.18. The average molecular weight is 319 g/mol. The topological polar surface area (TPSA) is 65.9 Å². The Morgan fingerprint density at radius 3 is 2.64 bits per heavy atom. The summed E-state index contributed by atoms with van der Waals surface area (Å²) in [5.74, 6) is 0.877. The van der Waals surface area contributed by atoms with E-state index in [2.05, 4.69) is 15.6 Å². The standard InChI is InChI=1S/C14H20F3N3O2/c1-3-18-13(19-7-6-14(15,16)17)20-9-10-8-11(22-2)4-5-12(10)21/h4-5,8,21H,3,6-7,9H2,1-2H3,(H2,18,19,20). The molecule has 0 heterocycles. The van der Waals surface area contributed by atoms with Crippen molar-refractivity contribution in [1.29, 1.82) is 0 Å². The normalized spacial score (nSPS) is 12.1. The first-order chi connectivity index (χ1) is 10.4. The van der Waals surface area contributed by atoms with Gasteiger partial charge in [0.2, 0.25) is 0 Å². The average Bonchev–Trinajstić information content (AvgIpc) is 2.45. The molecule has 0 unspecified atom stereocenters. The summed E-state index contributed by atoms with van der Waals surface area (Å²) >= 11 is 0. The van der Waals surface area contributed by atoms with Crippen LogP contribution in [0.3, 0.4) is 0 Å². The number of nitrogens with one attached hydrogen (secondary N) is 2. The number of ether oxygens (including phenoxy) is 1. The molecule has 124 valence electrons. The van der Waals surface area contributed by atoms with Crippen LogP contribution >= 0.6 is 0 Å². The van der Waals surface area contributed by atoms with Gasteiger partial charge in [0.15, 0.2) is 5.96 Å². The number of phenols is 1. The molecule has 0 atom stereocenters. The molecule has 0 aliphatic heterocycles. The molecule has 0 aliphatic carbocycles. The molecule has 0 radical (unpaired) electrons. The highest BCUT2D eigenvalue weighted by molar-refractivity contribution is 5.79. The van der Waals surface area contributed by atoms with Gasteiger partial charge in [-0.05, 0) is 25.1 Å². The Labute approximate surface area is 127 Å². The van der Waals surface area contributed by atoms with E-state index in [-0.39, 0.29) is 24.8 Å². The van der Waals surface area contributed by atoms with Crippen LogP contribution in [0.4, 0.5) is 13.2 Å². The zero-order valence-corrected chi connectivity index (χ0v) is 12.5. The molecule has 5 nitrogen and oxygen atoms in total. The number of hydrogen-bond acceptors (Lipinski definition) is 3. The predicted molar refractivity (Wildman–Crippen MR) is 78.1 cm³/mol. The number of alkyl halides is 3. The third-order valence-corrected chi connectivity index (χ3v) is 2.74. The minimum absolute atomic E-state index is 0.0516. The lowest BCUT2D eigenvalue weighted by Gasteiger charge is -2.13. The Bertz CT molecular complexity index is 505. The second-order valence-electron chi connectivity index (χ2n) is 4.48. The van der Waals surface area contributed by atoms with Crippen molar-refractivity contribution in [2.45, 2.75) is 26.1 Å². The molecule has 0 aromatic heterocycles. The van der Waals surface area contributed by atoms with Crippen LogP contribution in [-0.2, 0) is 6.54 Å². The fraction of sp³-hybridized carbons (Fsp3) is 0.500. The van der Waals surface area contributed by atoms with Gasteiger partial charge in [0.1, 0.15) is 11.5 Å². The maximum absolute atomic E-state index is 12.1. The summed E-state index contributed by atoms with van der Waals surface area (Å²) in [6, 6.07) is 4.71. The number of aromatic hydroxyl groups is 1. The van der Waals surface area contributed by atoms with Crippen molar-refractivity contribution in [3.05, 3.63) is 23.8 Å². The quantitative estimate of drug-likeness (QED) is 0.556. The molecule has 22 heavy (non-hydrogen) atoms. The summed E-state index contributed by atoms with van der Waals surface area (Å²) in [5, 5.41) is 15.2. The first kappa shape index (κ1) is 17.9. The number of rotatable bonds is 6. The molecule has 1 aromatic carbocycles. The van der Waals surface area contributed by atoms with Crippen LogP contribution in [0, 0.1) is 0 Å². The van der Waals surface area contributed by atoms with Crippen molar-refractivity contribution in [3.8, 4) is 11.5 Å². The summed E-state index contributed by atoms with van der Waals surface area (Å²) in [7, 11) is 1.50. The highest BCUT2D eigenvalue weighted by Crippen LogP contribution is 2.23. The minimum atomic E-state index is -4.21. The van der Waals surface area contributed by atoms with Crippen LogP contribution in [0.25, 0.3) is 0 Å². The monoisotopic (exact) mass is 319 g/mol. The molecule has 0 saturated carbocycles. The van der Waals surface area contributed by atoms with Crippen LogP contribution in [-0.4, -0.2) is 37.4 Å². The Morgan fingerprint density at radius 2 is 2.05 bits per heavy atom. The van der Waals surface area contributed by atoms with E-state index in [1.54, 1.807) is 12.1 Å². The molecular formula is C14H20F3N3O2. The Balaban J connectivity index is 2.69. The number of halogens is 3. The number of methoxy groups -OCH3 is 1. The summed E-state index contributed by atoms with van der Waals surface area (Å²) in [6.07, 6.45) is -5.16. The molecule has 0 spiro atoms. The fourth-order valence-electron chi connectivity index (χ4n) is 1.64. The van der Waals surface area contributed by atoms with E-state index in [0.717, 1.165) is 0 Å². The minimum Gasteiger partial charge on any atom is -0.508 e. The van der Waals surface area contributed by atoms with Crippen molar-refractivity contribution in [3.63, 3.8) is 0 Å². The molecule has 1 aromatic rings. The number of nitrogens with zero attached hydrogens (tertiary/aromatic N) is 1. The zero-order valence-electron chi connectivity index (χ0n) is 12.5. The van der Waals surface area contributed by atoms with Gasteiger partial charge in [0.05, 0.1) is 20.1 Å². The van der Waals surface area contributed by atoms with E-state index in [0.29, 0.717) is 17.9 Å². The molecule has 1 rings (SSSR count). The summed E-state index contributed by atoms with van der Waals surface area (Å²) in [5.41, 5.74) is 0.521. The van der Waals surface area contributed by atoms with E-state index in [1.165, 1.54) is 13.2 Å². The van der Waals surface area contributed by atoms with Crippen molar-refractivity contribution >= 4 is 5.96 Å². The van der Waals surface area contributed by atoms with E-state index >= 15 is 0 Å². The van der Waals surface area contributed by atoms with Crippen LogP contribution in [0.5, 0.6) is 11.5 Å². The third kappa shape index (κ3) is 6.55. The highest BCUT2D eigenvalue weighted by Gasteiger charge is 2.26. The summed E-state index contributed by atoms with van der Waals surface area (Å²) < 4.78 is 41.4. The number of guanidine groups is 1. The lowest BCUT2D eigenvalue weighted by molar-refractivity contribution is -0.132. The first-order valence-corrected chi connectivity index (χ1v) is 6.80. The first-order valence-electron chi connectivity index (χ1n) is 6.80. The van der Waals surface area contributed by atoms with Crippen molar-refractivity contribution in [2.75, 3.05) is 20.2 Å². The summed E-state index contributed by atoms with van der Waals surface area (Å²) in [4.78, 5) is 4.15. The van der Waals surface area contributed by atoms with E-state index in [9.17, 15) is 18.3 Å². The second-order valence-corrected chi connectivity index (χ2v) is 4.48. The number of hydrogen-bond donors (Lipinski definition) is 3. The Kier molecular flexibility index (Phi) is 6.81. The molecule has 3 N–H and O–H groups in total. The lowest BCUT2D eigenvalue weighted by Crippen LogP contribution is -2.38. The zero-order chi connectivity index (χ0) is 16.6. The molecule has 0 aliphatic rings. The molecule has 0 fully saturated rings. The smallest absolute Gasteiger partial charge is 0.390 e. The van der Waals surface area contributed by atoms with Gasteiger partial charge in [0, 0.05) is 18.7 Å². The lowest BCUT2D eigenvalue weighted by atomic mass is 10.2. The van der Waals surface area contributed by atoms with Gasteiger partial charge in [0.25, 0.3) is 0 Å². The van der Waals surface area contributed by atoms with Gasteiger partial charge < -0.3 is 20.5 Å². The number of benzene rings is 1. The van der Waals surface area contributed by atoms with E-state index < -0.39 is 12.6 Å². The van der Waals surface area contributed by atoms with Gasteiger partial charge in [-0.25, -0.2) is 4.99 Å². The molecule has 0 amide bonds. The maximum atomic E-state index is 12.1. The molecular weight excluding hydrogens is 299 g/mol. The van der Waals surface area contributed by atoms with Gasteiger partial charge in [-0.1, -0.05) is 0 Å². The third-order valence-electron chi connectivity index (χ3n) is 2.74. The highest BCUT2D eigenvalue weighted by atomic mass is 19.4. The van der Waals surface area contributed by atoms with Crippen molar-refractivity contribution in [1.82, 2.24) is 10.6 Å². The van der Waals surface area contributed by atoms with Crippen molar-refractivity contribution < 1.29 is 23.0 Å². The largest absolute Gasteiger partial charge is 0.508 e. The van der Waals surface area contributed by atoms with Gasteiger partial charge in [-0.15, -0.1) is 0 Å². The fourth-order valence-corrected chi connectivity index (χ4v) is 1.64. The molecule has 0 saturated heterocycles. The molecule has 0 bridgehead atoms. The molecule has 8 heteroatoms. The van der Waals surface area contributed by atoms with E-state index in [4.69, 9.17) is 4.74 Å². The van der Waals surface area contributed by atoms with Crippen molar-refractivity contribution in [2.24, 2.45) is 4.99 Å². The Hall–Kier alpha value is -2.12. The maximum Gasteiger partial charge on any atom is 0.390 e. The van der Waals surface area contributed by atoms with E-state index in [1.807, 2.05) is 6.92 Å². The number of aliphatic imine (C=N–C) groups is 1. The number of phenolic OH excluding ortho intramolecular Hbond substituents is 1. The van der Waals surface area contributed by atoms with Gasteiger partial charge in [-0.2, -0.15) is 13.2 Å². The Morgan fingerprint density at radius 1 is 1.32 bits per heavy atom. The second kappa shape index (κ2) is 8.35. The van der Waals surface area contributed by atoms with Crippen LogP contribution < -0.4 is 15.4 Å².